The fourth-order valence-electron chi connectivity index (χ4n) is 1.41. The molecule has 2 rings (SSSR count). The van der Waals surface area contributed by atoms with E-state index in [1.54, 1.807) is 11.7 Å². The van der Waals surface area contributed by atoms with Gasteiger partial charge in [0.05, 0.1) is 23.1 Å². The Kier molecular flexibility index (Phi) is 2.39. The lowest BCUT2D eigenvalue weighted by Crippen LogP contribution is -2.10. The fourth-order valence-corrected chi connectivity index (χ4v) is 2.10. The predicted molar refractivity (Wildman–Crippen MR) is 46.0 cm³/mol. The topological polar surface area (TPSA) is 42.4 Å². The molecule has 1 aliphatic rings. The second kappa shape index (κ2) is 3.51. The fraction of sp³-hybridized carbons (Fsp3) is 0.625. The lowest BCUT2D eigenvalue weighted by Gasteiger charge is -2.13. The summed E-state index contributed by atoms with van der Waals surface area (Å²) in [5, 5.41) is 9.80. The van der Waals surface area contributed by atoms with E-state index in [1.165, 1.54) is 11.3 Å². The Morgan fingerprint density at radius 2 is 2.67 bits per heavy atom. The van der Waals surface area contributed by atoms with Crippen LogP contribution in [0.25, 0.3) is 0 Å². The smallest absolute Gasteiger partial charge is 0.0948 e. The minimum Gasteiger partial charge on any atom is -0.387 e. The van der Waals surface area contributed by atoms with Gasteiger partial charge in [-0.25, -0.2) is 0 Å². The summed E-state index contributed by atoms with van der Waals surface area (Å²) in [6.45, 7) is 1.46. The van der Waals surface area contributed by atoms with E-state index in [0.29, 0.717) is 6.61 Å². The SMILES string of the molecule is OC(c1cncs1)C1CCOC1. The first-order valence-electron chi connectivity index (χ1n) is 4.02. The monoisotopic (exact) mass is 185 g/mol. The Morgan fingerprint density at radius 3 is 3.25 bits per heavy atom. The Balaban J connectivity index is 2.04. The molecule has 1 saturated heterocycles. The van der Waals surface area contributed by atoms with Crippen molar-refractivity contribution in [2.24, 2.45) is 5.92 Å². The van der Waals surface area contributed by atoms with Gasteiger partial charge in [-0.2, -0.15) is 0 Å². The summed E-state index contributed by atoms with van der Waals surface area (Å²) >= 11 is 1.50. The summed E-state index contributed by atoms with van der Waals surface area (Å²) in [6.07, 6.45) is 2.31. The second-order valence-electron chi connectivity index (χ2n) is 2.97. The van der Waals surface area contributed by atoms with E-state index in [0.717, 1.165) is 17.9 Å². The van der Waals surface area contributed by atoms with Gasteiger partial charge in [0.25, 0.3) is 0 Å². The number of hydrogen-bond donors (Lipinski definition) is 1. The van der Waals surface area contributed by atoms with E-state index in [-0.39, 0.29) is 12.0 Å². The predicted octanol–water partition coefficient (Wildman–Crippen LogP) is 1.21. The summed E-state index contributed by atoms with van der Waals surface area (Å²) in [5.74, 6) is 0.269. The van der Waals surface area contributed by atoms with Crippen LogP contribution in [-0.2, 0) is 4.74 Å². The number of thiazole rings is 1. The molecule has 12 heavy (non-hydrogen) atoms. The van der Waals surface area contributed by atoms with Gasteiger partial charge in [-0.1, -0.05) is 0 Å². The minimum absolute atomic E-state index is 0.269. The first-order chi connectivity index (χ1) is 5.88. The lowest BCUT2D eigenvalue weighted by atomic mass is 10.0. The van der Waals surface area contributed by atoms with Crippen LogP contribution < -0.4 is 0 Å². The average Bonchev–Trinajstić information content (AvgIpc) is 2.77. The number of ether oxygens (including phenoxy) is 1. The van der Waals surface area contributed by atoms with Crippen molar-refractivity contribution >= 4 is 11.3 Å². The number of aliphatic hydroxyl groups is 1. The second-order valence-corrected chi connectivity index (χ2v) is 3.89. The van der Waals surface area contributed by atoms with Crippen LogP contribution in [0.5, 0.6) is 0 Å². The van der Waals surface area contributed by atoms with Crippen molar-refractivity contribution in [3.63, 3.8) is 0 Å². The standard InChI is InChI=1S/C8H11NO2S/c10-8(6-1-2-11-4-6)7-3-9-5-12-7/h3,5-6,8,10H,1-2,4H2. The van der Waals surface area contributed by atoms with E-state index in [4.69, 9.17) is 4.74 Å². The van der Waals surface area contributed by atoms with Crippen LogP contribution in [0.15, 0.2) is 11.7 Å². The number of aromatic nitrogens is 1. The third kappa shape index (κ3) is 1.50. The number of nitrogens with zero attached hydrogens (tertiary/aromatic N) is 1. The zero-order valence-electron chi connectivity index (χ0n) is 6.64. The molecule has 0 aliphatic carbocycles. The van der Waals surface area contributed by atoms with E-state index in [1.807, 2.05) is 0 Å². The lowest BCUT2D eigenvalue weighted by molar-refractivity contribution is 0.0943. The van der Waals surface area contributed by atoms with Crippen LogP contribution >= 0.6 is 11.3 Å². The van der Waals surface area contributed by atoms with Crippen molar-refractivity contribution in [1.29, 1.82) is 0 Å². The zero-order chi connectivity index (χ0) is 8.39. The molecule has 2 unspecified atom stereocenters. The normalized spacial score (nSPS) is 25.9. The summed E-state index contributed by atoms with van der Waals surface area (Å²) in [7, 11) is 0. The van der Waals surface area contributed by atoms with Crippen LogP contribution in [0.1, 0.15) is 17.4 Å². The molecule has 2 atom stereocenters. The van der Waals surface area contributed by atoms with Crippen molar-refractivity contribution in [3.05, 3.63) is 16.6 Å². The highest BCUT2D eigenvalue weighted by Crippen LogP contribution is 2.30. The largest absolute Gasteiger partial charge is 0.387 e. The van der Waals surface area contributed by atoms with E-state index in [9.17, 15) is 5.11 Å². The minimum atomic E-state index is -0.375. The van der Waals surface area contributed by atoms with Gasteiger partial charge in [-0.05, 0) is 6.42 Å². The first kappa shape index (κ1) is 8.16. The highest BCUT2D eigenvalue weighted by Gasteiger charge is 2.25. The Morgan fingerprint density at radius 1 is 1.75 bits per heavy atom. The van der Waals surface area contributed by atoms with Gasteiger partial charge in [-0.3, -0.25) is 4.98 Å². The van der Waals surface area contributed by atoms with Gasteiger partial charge in [0, 0.05) is 18.7 Å². The molecular weight excluding hydrogens is 174 g/mol. The summed E-state index contributed by atoms with van der Waals surface area (Å²) in [4.78, 5) is 4.88. The third-order valence-electron chi connectivity index (χ3n) is 2.15. The molecule has 1 aromatic rings. The van der Waals surface area contributed by atoms with Gasteiger partial charge in [0.15, 0.2) is 0 Å². The highest BCUT2D eigenvalue weighted by atomic mass is 32.1. The summed E-state index contributed by atoms with van der Waals surface area (Å²) < 4.78 is 5.20. The van der Waals surface area contributed by atoms with E-state index < -0.39 is 0 Å². The third-order valence-corrected chi connectivity index (χ3v) is 3.00. The molecule has 0 saturated carbocycles. The van der Waals surface area contributed by atoms with Crippen LogP contribution in [0.2, 0.25) is 0 Å². The number of aliphatic hydroxyl groups excluding tert-OH is 1. The summed E-state index contributed by atoms with van der Waals surface area (Å²) in [5.41, 5.74) is 1.74. The van der Waals surface area contributed by atoms with Gasteiger partial charge in [-0.15, -0.1) is 11.3 Å². The molecule has 0 radical (unpaired) electrons. The molecule has 1 aromatic heterocycles. The molecular formula is C8H11NO2S. The summed E-state index contributed by atoms with van der Waals surface area (Å²) in [6, 6.07) is 0. The Hall–Kier alpha value is -0.450. The Labute approximate surface area is 75.0 Å². The van der Waals surface area contributed by atoms with Crippen molar-refractivity contribution in [1.82, 2.24) is 4.98 Å². The molecule has 1 fully saturated rings. The molecule has 1 aliphatic heterocycles. The highest BCUT2D eigenvalue weighted by molar-refractivity contribution is 7.09. The number of hydrogen-bond acceptors (Lipinski definition) is 4. The zero-order valence-corrected chi connectivity index (χ0v) is 7.46. The molecule has 0 spiro atoms. The molecule has 4 heteroatoms. The maximum absolute atomic E-state index is 9.80. The molecule has 0 amide bonds. The molecule has 2 heterocycles. The van der Waals surface area contributed by atoms with Crippen LogP contribution in [0.4, 0.5) is 0 Å². The molecule has 0 bridgehead atoms. The molecule has 3 nitrogen and oxygen atoms in total. The van der Waals surface area contributed by atoms with Crippen LogP contribution in [-0.4, -0.2) is 23.3 Å². The van der Waals surface area contributed by atoms with Gasteiger partial charge in [0.2, 0.25) is 0 Å². The van der Waals surface area contributed by atoms with Crippen molar-refractivity contribution in [2.75, 3.05) is 13.2 Å². The van der Waals surface area contributed by atoms with Crippen LogP contribution in [0, 0.1) is 5.92 Å². The van der Waals surface area contributed by atoms with E-state index >= 15 is 0 Å². The molecule has 1 N–H and O–H groups in total. The van der Waals surface area contributed by atoms with Crippen molar-refractivity contribution in [2.45, 2.75) is 12.5 Å². The quantitative estimate of drug-likeness (QED) is 0.753. The van der Waals surface area contributed by atoms with Gasteiger partial charge >= 0.3 is 0 Å². The molecule has 66 valence electrons. The van der Waals surface area contributed by atoms with Gasteiger partial charge < -0.3 is 9.84 Å². The maximum Gasteiger partial charge on any atom is 0.0948 e. The van der Waals surface area contributed by atoms with Crippen molar-refractivity contribution in [3.8, 4) is 0 Å². The Bertz CT molecular complexity index is 231. The number of rotatable bonds is 2. The van der Waals surface area contributed by atoms with Gasteiger partial charge in [0.1, 0.15) is 0 Å². The van der Waals surface area contributed by atoms with E-state index in [2.05, 4.69) is 4.98 Å². The molecule has 0 aromatic carbocycles. The van der Waals surface area contributed by atoms with Crippen molar-refractivity contribution < 1.29 is 9.84 Å². The van der Waals surface area contributed by atoms with Crippen LogP contribution in [0.3, 0.4) is 0 Å². The maximum atomic E-state index is 9.80. The first-order valence-corrected chi connectivity index (χ1v) is 4.90. The average molecular weight is 185 g/mol.